The lowest BCUT2D eigenvalue weighted by Gasteiger charge is -2.26. The van der Waals surface area contributed by atoms with Crippen LogP contribution in [-0.2, 0) is 19.2 Å². The second kappa shape index (κ2) is 9.68. The number of carbonyl (C=O) groups is 4. The molecule has 0 aromatic carbocycles. The molecule has 3 amide bonds. The molecule has 0 aromatic rings. The number of likely N-dealkylation sites (tertiary alicyclic amines) is 1. The number of amides is 3. The standard InChI is InChI=1S/C18H30N4O5/c1-3-11(2)15(18(26)27)21-14(23)10-20-16(24)13-7-5-9-22(13)17(25)12-6-4-8-19-12/h11-13,15,19H,3-10H2,1-2H3,(H,20,24)(H,21,23)(H,26,27). The van der Waals surface area contributed by atoms with Gasteiger partial charge in [-0.25, -0.2) is 4.79 Å². The van der Waals surface area contributed by atoms with E-state index in [1.54, 1.807) is 11.8 Å². The zero-order valence-electron chi connectivity index (χ0n) is 16.0. The molecule has 0 aromatic heterocycles. The Morgan fingerprint density at radius 3 is 2.56 bits per heavy atom. The summed E-state index contributed by atoms with van der Waals surface area (Å²) in [6, 6.07) is -1.79. The van der Waals surface area contributed by atoms with E-state index < -0.39 is 24.0 Å². The van der Waals surface area contributed by atoms with Crippen molar-refractivity contribution in [3.63, 3.8) is 0 Å². The van der Waals surface area contributed by atoms with Gasteiger partial charge in [0, 0.05) is 6.54 Å². The lowest BCUT2D eigenvalue weighted by Crippen LogP contribution is -2.53. The summed E-state index contributed by atoms with van der Waals surface area (Å²) in [5.74, 6) is -2.30. The number of aliphatic carboxylic acids is 1. The van der Waals surface area contributed by atoms with Crippen LogP contribution in [-0.4, -0.2) is 71.5 Å². The summed E-state index contributed by atoms with van der Waals surface area (Å²) in [6.07, 6.45) is 3.65. The first-order valence-corrected chi connectivity index (χ1v) is 9.68. The fraction of sp³-hybridized carbons (Fsp3) is 0.778. The van der Waals surface area contributed by atoms with Crippen LogP contribution in [0.25, 0.3) is 0 Å². The maximum Gasteiger partial charge on any atom is 0.326 e. The van der Waals surface area contributed by atoms with Crippen molar-refractivity contribution in [1.82, 2.24) is 20.9 Å². The van der Waals surface area contributed by atoms with Crippen molar-refractivity contribution in [3.05, 3.63) is 0 Å². The molecule has 2 aliphatic rings. The van der Waals surface area contributed by atoms with E-state index in [1.807, 2.05) is 6.92 Å². The van der Waals surface area contributed by atoms with Gasteiger partial charge in [-0.05, 0) is 38.1 Å². The van der Waals surface area contributed by atoms with Crippen LogP contribution >= 0.6 is 0 Å². The summed E-state index contributed by atoms with van der Waals surface area (Å²) in [6.45, 7) is 4.63. The highest BCUT2D eigenvalue weighted by atomic mass is 16.4. The Hall–Kier alpha value is -2.16. The summed E-state index contributed by atoms with van der Waals surface area (Å²) in [7, 11) is 0. The SMILES string of the molecule is CCC(C)C(NC(=O)CNC(=O)C1CCCN1C(=O)C1CCCN1)C(=O)O. The van der Waals surface area contributed by atoms with Crippen molar-refractivity contribution < 1.29 is 24.3 Å². The van der Waals surface area contributed by atoms with Crippen molar-refractivity contribution in [2.45, 2.75) is 64.1 Å². The average Bonchev–Trinajstić information content (AvgIpc) is 3.34. The molecule has 0 aliphatic carbocycles. The first-order chi connectivity index (χ1) is 12.8. The van der Waals surface area contributed by atoms with Gasteiger partial charge in [0.2, 0.25) is 17.7 Å². The molecule has 0 radical (unpaired) electrons. The van der Waals surface area contributed by atoms with Crippen molar-refractivity contribution in [2.75, 3.05) is 19.6 Å². The topological polar surface area (TPSA) is 128 Å². The highest BCUT2D eigenvalue weighted by Crippen LogP contribution is 2.20. The molecule has 9 heteroatoms. The number of hydrogen-bond donors (Lipinski definition) is 4. The fourth-order valence-electron chi connectivity index (χ4n) is 3.59. The van der Waals surface area contributed by atoms with Crippen molar-refractivity contribution in [2.24, 2.45) is 5.92 Å². The number of nitrogens with zero attached hydrogens (tertiary/aromatic N) is 1. The monoisotopic (exact) mass is 382 g/mol. The normalized spacial score (nSPS) is 24.3. The summed E-state index contributed by atoms with van der Waals surface area (Å²) < 4.78 is 0. The number of rotatable bonds is 8. The molecular weight excluding hydrogens is 352 g/mol. The first kappa shape index (κ1) is 21.1. The Morgan fingerprint density at radius 1 is 1.22 bits per heavy atom. The van der Waals surface area contributed by atoms with Crippen LogP contribution in [0.3, 0.4) is 0 Å². The van der Waals surface area contributed by atoms with Crippen LogP contribution in [0.4, 0.5) is 0 Å². The second-order valence-electron chi connectivity index (χ2n) is 7.33. The molecule has 2 saturated heterocycles. The third kappa shape index (κ3) is 5.41. The van der Waals surface area contributed by atoms with Gasteiger partial charge in [0.05, 0.1) is 12.6 Å². The van der Waals surface area contributed by atoms with Crippen LogP contribution in [0.1, 0.15) is 46.0 Å². The fourth-order valence-corrected chi connectivity index (χ4v) is 3.59. The highest BCUT2D eigenvalue weighted by molar-refractivity contribution is 5.93. The van der Waals surface area contributed by atoms with E-state index in [1.165, 1.54) is 0 Å². The third-order valence-electron chi connectivity index (χ3n) is 5.42. The molecule has 2 rings (SSSR count). The Kier molecular flexibility index (Phi) is 7.58. The molecule has 4 unspecified atom stereocenters. The Morgan fingerprint density at radius 2 is 1.96 bits per heavy atom. The highest BCUT2D eigenvalue weighted by Gasteiger charge is 2.38. The number of hydrogen-bond acceptors (Lipinski definition) is 5. The first-order valence-electron chi connectivity index (χ1n) is 9.68. The van der Waals surface area contributed by atoms with Crippen LogP contribution < -0.4 is 16.0 Å². The third-order valence-corrected chi connectivity index (χ3v) is 5.42. The zero-order valence-corrected chi connectivity index (χ0v) is 16.0. The average molecular weight is 382 g/mol. The lowest BCUT2D eigenvalue weighted by atomic mass is 9.99. The van der Waals surface area contributed by atoms with Crippen molar-refractivity contribution in [1.29, 1.82) is 0 Å². The van der Waals surface area contributed by atoms with Crippen LogP contribution in [0.2, 0.25) is 0 Å². The van der Waals surface area contributed by atoms with Gasteiger partial charge < -0.3 is 26.0 Å². The van der Waals surface area contributed by atoms with E-state index in [4.69, 9.17) is 0 Å². The molecule has 152 valence electrons. The minimum Gasteiger partial charge on any atom is -0.480 e. The summed E-state index contributed by atoms with van der Waals surface area (Å²) >= 11 is 0. The largest absolute Gasteiger partial charge is 0.480 e. The minimum atomic E-state index is -1.10. The van der Waals surface area contributed by atoms with E-state index in [9.17, 15) is 24.3 Å². The van der Waals surface area contributed by atoms with Crippen LogP contribution in [0, 0.1) is 5.92 Å². The van der Waals surface area contributed by atoms with Gasteiger partial charge in [0.15, 0.2) is 0 Å². The van der Waals surface area contributed by atoms with E-state index in [2.05, 4.69) is 16.0 Å². The summed E-state index contributed by atoms with van der Waals surface area (Å²) in [5, 5.41) is 17.4. The lowest BCUT2D eigenvalue weighted by molar-refractivity contribution is -0.143. The second-order valence-corrected chi connectivity index (χ2v) is 7.33. The summed E-state index contributed by atoms with van der Waals surface area (Å²) in [4.78, 5) is 49.9. The summed E-state index contributed by atoms with van der Waals surface area (Å²) in [5.41, 5.74) is 0. The smallest absolute Gasteiger partial charge is 0.326 e. The van der Waals surface area contributed by atoms with E-state index >= 15 is 0 Å². The van der Waals surface area contributed by atoms with Gasteiger partial charge in [-0.3, -0.25) is 14.4 Å². The number of carboxylic acids is 1. The van der Waals surface area contributed by atoms with E-state index in [0.717, 1.165) is 25.8 Å². The Balaban J connectivity index is 1.85. The molecule has 27 heavy (non-hydrogen) atoms. The molecule has 0 saturated carbocycles. The zero-order chi connectivity index (χ0) is 20.0. The minimum absolute atomic E-state index is 0.0580. The van der Waals surface area contributed by atoms with Gasteiger partial charge in [-0.2, -0.15) is 0 Å². The molecule has 4 atom stereocenters. The van der Waals surface area contributed by atoms with E-state index in [-0.39, 0.29) is 30.3 Å². The van der Waals surface area contributed by atoms with Gasteiger partial charge in [-0.15, -0.1) is 0 Å². The Bertz CT molecular complexity index is 576. The molecular formula is C18H30N4O5. The van der Waals surface area contributed by atoms with E-state index in [0.29, 0.717) is 19.4 Å². The van der Waals surface area contributed by atoms with Crippen molar-refractivity contribution in [3.8, 4) is 0 Å². The molecule has 2 heterocycles. The Labute approximate surface area is 159 Å². The molecule has 4 N–H and O–H groups in total. The number of carboxylic acid groups (broad SMARTS) is 1. The van der Waals surface area contributed by atoms with Gasteiger partial charge >= 0.3 is 5.97 Å². The quantitative estimate of drug-likeness (QED) is 0.446. The number of carbonyl (C=O) groups excluding carboxylic acids is 3. The maximum absolute atomic E-state index is 12.6. The molecule has 9 nitrogen and oxygen atoms in total. The van der Waals surface area contributed by atoms with Crippen LogP contribution in [0.5, 0.6) is 0 Å². The van der Waals surface area contributed by atoms with Crippen molar-refractivity contribution >= 4 is 23.7 Å². The number of nitrogens with one attached hydrogen (secondary N) is 3. The predicted molar refractivity (Wildman–Crippen MR) is 97.8 cm³/mol. The molecule has 2 fully saturated rings. The van der Waals surface area contributed by atoms with Gasteiger partial charge in [0.1, 0.15) is 12.1 Å². The van der Waals surface area contributed by atoms with Gasteiger partial charge in [0.25, 0.3) is 0 Å². The molecule has 0 bridgehead atoms. The maximum atomic E-state index is 12.6. The predicted octanol–water partition coefficient (Wildman–Crippen LogP) is -0.539. The molecule has 0 spiro atoms. The van der Waals surface area contributed by atoms with Crippen LogP contribution in [0.15, 0.2) is 0 Å². The van der Waals surface area contributed by atoms with Gasteiger partial charge in [-0.1, -0.05) is 20.3 Å². The molecule has 2 aliphatic heterocycles.